The number of aliphatic carboxylic acids is 1. The maximum Gasteiger partial charge on any atom is 0.332 e. The third kappa shape index (κ3) is 1.14. The van der Waals surface area contributed by atoms with Crippen LogP contribution in [-0.4, -0.2) is 39.3 Å². The number of hydrogen-bond donors (Lipinski definition) is 2. The molecule has 1 saturated heterocycles. The number of thioether (sulfide) groups is 1. The smallest absolute Gasteiger partial charge is 0.332 e. The summed E-state index contributed by atoms with van der Waals surface area (Å²) in [5.74, 6) is -1.49. The first-order chi connectivity index (χ1) is 6.54. The highest BCUT2D eigenvalue weighted by molar-refractivity contribution is 8.03. The van der Waals surface area contributed by atoms with Crippen LogP contribution in [0.5, 0.6) is 0 Å². The lowest BCUT2D eigenvalue weighted by Crippen LogP contribution is -2.71. The van der Waals surface area contributed by atoms with E-state index < -0.39 is 18.1 Å². The van der Waals surface area contributed by atoms with Crippen molar-refractivity contribution in [2.75, 3.05) is 0 Å². The lowest BCUT2D eigenvalue weighted by molar-refractivity contribution is -0.157. The highest BCUT2D eigenvalue weighted by Crippen LogP contribution is 2.40. The van der Waals surface area contributed by atoms with E-state index >= 15 is 0 Å². The molecule has 3 N–H and O–H groups in total. The Bertz CT molecular complexity index is 346. The van der Waals surface area contributed by atoms with Crippen molar-refractivity contribution in [3.63, 3.8) is 0 Å². The summed E-state index contributed by atoms with van der Waals surface area (Å²) in [6.45, 7) is 0. The van der Waals surface area contributed by atoms with Crippen molar-refractivity contribution in [2.24, 2.45) is 5.73 Å². The van der Waals surface area contributed by atoms with Crippen molar-refractivity contribution in [1.29, 1.82) is 0 Å². The second-order valence-electron chi connectivity index (χ2n) is 3.04. The molecule has 2 heterocycles. The van der Waals surface area contributed by atoms with Crippen molar-refractivity contribution in [3.05, 3.63) is 10.4 Å². The van der Waals surface area contributed by atoms with Gasteiger partial charge in [-0.1, -0.05) is 11.6 Å². The molecular formula is C7H7ClN2O3S. The Balaban J connectivity index is 2.31. The predicted octanol–water partition coefficient (Wildman–Crippen LogP) is -0.238. The van der Waals surface area contributed by atoms with E-state index in [-0.39, 0.29) is 16.3 Å². The Hall–Kier alpha value is -0.720. The zero-order valence-corrected chi connectivity index (χ0v) is 8.46. The molecule has 0 bridgehead atoms. The standard InChI is InChI=1S/C7H7ClN2O3S/c8-2-1-14-6-3(9)5(11)10(6)4(2)7(12)13/h1,3-4,6H,9H2,(H,12,13)/t3-,4?,6-/m1/s1. The summed E-state index contributed by atoms with van der Waals surface area (Å²) >= 11 is 6.99. The van der Waals surface area contributed by atoms with Crippen molar-refractivity contribution in [3.8, 4) is 0 Å². The minimum Gasteiger partial charge on any atom is -0.479 e. The molecule has 0 aromatic rings. The van der Waals surface area contributed by atoms with E-state index in [0.717, 1.165) is 0 Å². The molecule has 2 rings (SSSR count). The Kier molecular flexibility index (Phi) is 2.21. The second-order valence-corrected chi connectivity index (χ2v) is 4.47. The third-order valence-corrected chi connectivity index (χ3v) is 3.85. The van der Waals surface area contributed by atoms with E-state index in [0.29, 0.717) is 0 Å². The molecule has 2 aliphatic heterocycles. The second kappa shape index (κ2) is 3.15. The number of fused-ring (bicyclic) bond motifs is 1. The molecule has 0 spiro atoms. The van der Waals surface area contributed by atoms with Crippen LogP contribution < -0.4 is 5.73 Å². The summed E-state index contributed by atoms with van der Waals surface area (Å²) in [7, 11) is 0. The van der Waals surface area contributed by atoms with E-state index in [1.807, 2.05) is 0 Å². The number of nitrogens with two attached hydrogens (primary N) is 1. The van der Waals surface area contributed by atoms with Gasteiger partial charge in [-0.25, -0.2) is 4.79 Å². The van der Waals surface area contributed by atoms with Gasteiger partial charge >= 0.3 is 5.97 Å². The quantitative estimate of drug-likeness (QED) is 0.612. The fourth-order valence-corrected chi connectivity index (χ4v) is 2.90. The number of nitrogens with zero attached hydrogens (tertiary/aromatic N) is 1. The summed E-state index contributed by atoms with van der Waals surface area (Å²) < 4.78 is 0. The topological polar surface area (TPSA) is 83.6 Å². The van der Waals surface area contributed by atoms with Gasteiger partial charge in [0.1, 0.15) is 11.4 Å². The largest absolute Gasteiger partial charge is 0.479 e. The van der Waals surface area contributed by atoms with Crippen LogP contribution in [0.3, 0.4) is 0 Å². The number of carbonyl (C=O) groups excluding carboxylic acids is 1. The van der Waals surface area contributed by atoms with Crippen molar-refractivity contribution in [2.45, 2.75) is 17.5 Å². The number of carbonyl (C=O) groups is 2. The van der Waals surface area contributed by atoms with Gasteiger partial charge in [-0.15, -0.1) is 11.8 Å². The van der Waals surface area contributed by atoms with Gasteiger partial charge in [-0.05, 0) is 5.41 Å². The molecule has 0 aromatic carbocycles. The molecule has 1 unspecified atom stereocenters. The molecule has 3 atom stereocenters. The Morgan fingerprint density at radius 3 is 2.93 bits per heavy atom. The van der Waals surface area contributed by atoms with E-state index in [1.54, 1.807) is 0 Å². The molecule has 1 fully saturated rings. The highest BCUT2D eigenvalue weighted by atomic mass is 35.5. The highest BCUT2D eigenvalue weighted by Gasteiger charge is 2.53. The number of hydrogen-bond acceptors (Lipinski definition) is 4. The summed E-state index contributed by atoms with van der Waals surface area (Å²) in [5.41, 5.74) is 5.51. The van der Waals surface area contributed by atoms with Gasteiger partial charge in [0.25, 0.3) is 0 Å². The minimum absolute atomic E-state index is 0.152. The van der Waals surface area contributed by atoms with Crippen LogP contribution in [0.4, 0.5) is 0 Å². The van der Waals surface area contributed by atoms with Crippen molar-refractivity contribution < 1.29 is 14.7 Å². The Labute approximate surface area is 88.9 Å². The number of amides is 1. The molecule has 7 heteroatoms. The maximum atomic E-state index is 11.3. The van der Waals surface area contributed by atoms with Crippen LogP contribution in [0.25, 0.3) is 0 Å². The molecule has 5 nitrogen and oxygen atoms in total. The van der Waals surface area contributed by atoms with Gasteiger partial charge < -0.3 is 15.7 Å². The summed E-state index contributed by atoms with van der Waals surface area (Å²) in [4.78, 5) is 23.3. The number of carboxylic acids is 1. The van der Waals surface area contributed by atoms with Gasteiger partial charge in [0, 0.05) is 0 Å². The molecule has 14 heavy (non-hydrogen) atoms. The molecule has 0 saturated carbocycles. The van der Waals surface area contributed by atoms with Gasteiger partial charge in [0.05, 0.1) is 5.03 Å². The Morgan fingerprint density at radius 2 is 2.36 bits per heavy atom. The van der Waals surface area contributed by atoms with Crippen molar-refractivity contribution in [1.82, 2.24) is 4.90 Å². The zero-order valence-electron chi connectivity index (χ0n) is 6.88. The van der Waals surface area contributed by atoms with Crippen LogP contribution >= 0.6 is 23.4 Å². The SMILES string of the molecule is N[C@@H]1C(=O)N2C(C(=O)O)C(Cl)=CS[C@H]12. The van der Waals surface area contributed by atoms with Gasteiger partial charge in [-0.2, -0.15) is 0 Å². The summed E-state index contributed by atoms with van der Waals surface area (Å²) in [5, 5.41) is 10.3. The van der Waals surface area contributed by atoms with Crippen LogP contribution in [0.1, 0.15) is 0 Å². The van der Waals surface area contributed by atoms with Crippen LogP contribution in [0.15, 0.2) is 10.4 Å². The average molecular weight is 235 g/mol. The average Bonchev–Trinajstić information content (AvgIpc) is 2.15. The molecular weight excluding hydrogens is 228 g/mol. The first-order valence-corrected chi connectivity index (χ1v) is 5.17. The van der Waals surface area contributed by atoms with Gasteiger partial charge in [0.2, 0.25) is 5.91 Å². The molecule has 2 aliphatic rings. The van der Waals surface area contributed by atoms with Crippen LogP contribution in [0, 0.1) is 0 Å². The summed E-state index contributed by atoms with van der Waals surface area (Å²) in [6.07, 6.45) is 0. The van der Waals surface area contributed by atoms with E-state index in [1.165, 1.54) is 22.1 Å². The molecule has 0 aromatic heterocycles. The molecule has 1 amide bonds. The van der Waals surface area contributed by atoms with E-state index in [4.69, 9.17) is 22.4 Å². The number of halogens is 1. The summed E-state index contributed by atoms with van der Waals surface area (Å²) in [6, 6.07) is -1.67. The predicted molar refractivity (Wildman–Crippen MR) is 51.6 cm³/mol. The monoisotopic (exact) mass is 234 g/mol. The molecule has 76 valence electrons. The number of β-lactam (4-membered cyclic amide) rings is 1. The lowest BCUT2D eigenvalue weighted by Gasteiger charge is -2.49. The van der Waals surface area contributed by atoms with Crippen LogP contribution in [0.2, 0.25) is 0 Å². The van der Waals surface area contributed by atoms with Gasteiger partial charge in [0.15, 0.2) is 6.04 Å². The first kappa shape index (κ1) is 9.82. The lowest BCUT2D eigenvalue weighted by atomic mass is 10.0. The minimum atomic E-state index is -1.13. The fraction of sp³-hybridized carbons (Fsp3) is 0.429. The zero-order chi connectivity index (χ0) is 10.5. The van der Waals surface area contributed by atoms with Crippen LogP contribution in [-0.2, 0) is 9.59 Å². The number of rotatable bonds is 1. The van der Waals surface area contributed by atoms with E-state index in [9.17, 15) is 9.59 Å². The molecule has 0 aliphatic carbocycles. The fourth-order valence-electron chi connectivity index (χ4n) is 1.50. The molecule has 0 radical (unpaired) electrons. The number of carboxylic acid groups (broad SMARTS) is 1. The first-order valence-electron chi connectivity index (χ1n) is 3.85. The third-order valence-electron chi connectivity index (χ3n) is 2.21. The van der Waals surface area contributed by atoms with E-state index in [2.05, 4.69) is 0 Å². The Morgan fingerprint density at radius 1 is 1.71 bits per heavy atom. The van der Waals surface area contributed by atoms with Crippen molar-refractivity contribution >= 4 is 35.2 Å². The normalized spacial score (nSPS) is 35.9. The maximum absolute atomic E-state index is 11.3. The van der Waals surface area contributed by atoms with Gasteiger partial charge in [-0.3, -0.25) is 4.79 Å².